The predicted octanol–water partition coefficient (Wildman–Crippen LogP) is 1.76. The van der Waals surface area contributed by atoms with Crippen LogP contribution >= 0.6 is 11.8 Å². The van der Waals surface area contributed by atoms with Crippen molar-refractivity contribution in [3.63, 3.8) is 0 Å². The lowest BCUT2D eigenvalue weighted by molar-refractivity contribution is 0.0905. The van der Waals surface area contributed by atoms with Crippen molar-refractivity contribution < 1.29 is 9.21 Å². The molecular weight excluding hydrogens is 198 g/mol. The van der Waals surface area contributed by atoms with Crippen LogP contribution in [0.15, 0.2) is 22.8 Å². The second-order valence-electron chi connectivity index (χ2n) is 3.57. The van der Waals surface area contributed by atoms with Crippen molar-refractivity contribution >= 4 is 17.7 Å². The molecule has 0 aliphatic carbocycles. The first-order valence-corrected chi connectivity index (χ1v) is 5.85. The van der Waals surface area contributed by atoms with Crippen LogP contribution in [0.1, 0.15) is 17.5 Å². The zero-order valence-electron chi connectivity index (χ0n) is 8.03. The molecule has 1 N–H and O–H groups in total. The fourth-order valence-corrected chi connectivity index (χ4v) is 2.90. The Balaban J connectivity index is 1.95. The highest BCUT2D eigenvalue weighted by Crippen LogP contribution is 2.23. The van der Waals surface area contributed by atoms with Crippen LogP contribution in [0.25, 0.3) is 0 Å². The number of carbonyl (C=O) groups is 1. The molecule has 2 rings (SSSR count). The summed E-state index contributed by atoms with van der Waals surface area (Å²) < 4.78 is 5.02. The quantitative estimate of drug-likeness (QED) is 0.810. The van der Waals surface area contributed by atoms with Crippen molar-refractivity contribution in [2.75, 3.05) is 11.5 Å². The van der Waals surface area contributed by atoms with E-state index in [9.17, 15) is 4.79 Å². The summed E-state index contributed by atoms with van der Waals surface area (Å²) in [4.78, 5) is 11.6. The lowest BCUT2D eigenvalue weighted by atomic mass is 10.1. The fourth-order valence-electron chi connectivity index (χ4n) is 1.49. The highest BCUT2D eigenvalue weighted by molar-refractivity contribution is 7.99. The molecule has 1 aromatic rings. The zero-order chi connectivity index (χ0) is 9.97. The molecule has 4 heteroatoms. The van der Waals surface area contributed by atoms with Crippen LogP contribution in [0.4, 0.5) is 0 Å². The van der Waals surface area contributed by atoms with E-state index in [1.165, 1.54) is 6.26 Å². The molecule has 1 saturated heterocycles. The fraction of sp³-hybridized carbons (Fsp3) is 0.500. The van der Waals surface area contributed by atoms with Gasteiger partial charge in [-0.05, 0) is 23.8 Å². The van der Waals surface area contributed by atoms with E-state index in [0.717, 1.165) is 11.5 Å². The van der Waals surface area contributed by atoms with E-state index in [2.05, 4.69) is 12.2 Å². The van der Waals surface area contributed by atoms with Crippen LogP contribution in [-0.2, 0) is 0 Å². The summed E-state index contributed by atoms with van der Waals surface area (Å²) in [6.07, 6.45) is 1.52. The molecule has 2 unspecified atom stereocenters. The Morgan fingerprint density at radius 1 is 1.64 bits per heavy atom. The maximum Gasteiger partial charge on any atom is 0.287 e. The summed E-state index contributed by atoms with van der Waals surface area (Å²) in [6.45, 7) is 2.16. The Bertz CT molecular complexity index is 310. The molecule has 0 saturated carbocycles. The third-order valence-corrected chi connectivity index (χ3v) is 3.78. The number of amides is 1. The Labute approximate surface area is 87.2 Å². The molecule has 14 heavy (non-hydrogen) atoms. The molecule has 76 valence electrons. The summed E-state index contributed by atoms with van der Waals surface area (Å²) in [5.41, 5.74) is 0. The smallest absolute Gasteiger partial charge is 0.287 e. The first-order valence-electron chi connectivity index (χ1n) is 4.69. The van der Waals surface area contributed by atoms with Gasteiger partial charge in [-0.1, -0.05) is 6.92 Å². The molecule has 1 fully saturated rings. The van der Waals surface area contributed by atoms with Crippen molar-refractivity contribution in [2.24, 2.45) is 5.92 Å². The molecule has 1 aliphatic rings. The average molecular weight is 211 g/mol. The Morgan fingerprint density at radius 3 is 3.07 bits per heavy atom. The van der Waals surface area contributed by atoms with Gasteiger partial charge in [-0.2, -0.15) is 11.8 Å². The summed E-state index contributed by atoms with van der Waals surface area (Å²) in [5.74, 6) is 2.99. The van der Waals surface area contributed by atoms with Crippen molar-refractivity contribution in [3.8, 4) is 0 Å². The largest absolute Gasteiger partial charge is 0.459 e. The van der Waals surface area contributed by atoms with Crippen molar-refractivity contribution in [1.82, 2.24) is 5.32 Å². The van der Waals surface area contributed by atoms with Crippen molar-refractivity contribution in [2.45, 2.75) is 13.0 Å². The van der Waals surface area contributed by atoms with Gasteiger partial charge in [0.15, 0.2) is 5.76 Å². The molecule has 3 nitrogen and oxygen atoms in total. The molecule has 2 heterocycles. The second-order valence-corrected chi connectivity index (χ2v) is 4.65. The number of thioether (sulfide) groups is 1. The zero-order valence-corrected chi connectivity index (χ0v) is 8.84. The Hall–Kier alpha value is -0.900. The molecule has 0 radical (unpaired) electrons. The summed E-state index contributed by atoms with van der Waals surface area (Å²) in [7, 11) is 0. The van der Waals surface area contributed by atoms with Crippen LogP contribution in [0.5, 0.6) is 0 Å². The van der Waals surface area contributed by atoms with E-state index in [1.807, 2.05) is 11.8 Å². The van der Waals surface area contributed by atoms with Gasteiger partial charge in [0.05, 0.1) is 6.26 Å². The summed E-state index contributed by atoms with van der Waals surface area (Å²) in [6, 6.07) is 3.70. The van der Waals surface area contributed by atoms with Gasteiger partial charge in [0.25, 0.3) is 5.91 Å². The van der Waals surface area contributed by atoms with Gasteiger partial charge < -0.3 is 9.73 Å². The van der Waals surface area contributed by atoms with E-state index < -0.39 is 0 Å². The predicted molar refractivity (Wildman–Crippen MR) is 56.5 cm³/mol. The minimum Gasteiger partial charge on any atom is -0.459 e. The van der Waals surface area contributed by atoms with Crippen LogP contribution in [0.2, 0.25) is 0 Å². The molecule has 1 aliphatic heterocycles. The van der Waals surface area contributed by atoms with E-state index >= 15 is 0 Å². The maximum absolute atomic E-state index is 11.6. The molecule has 0 spiro atoms. The Morgan fingerprint density at radius 2 is 2.50 bits per heavy atom. The highest BCUT2D eigenvalue weighted by Gasteiger charge is 2.26. The Kier molecular flexibility index (Phi) is 2.82. The first kappa shape index (κ1) is 9.65. The van der Waals surface area contributed by atoms with Crippen LogP contribution in [0, 0.1) is 5.92 Å². The van der Waals surface area contributed by atoms with Crippen LogP contribution < -0.4 is 5.32 Å². The van der Waals surface area contributed by atoms with Gasteiger partial charge in [-0.15, -0.1) is 0 Å². The first-order chi connectivity index (χ1) is 6.77. The second kappa shape index (κ2) is 4.09. The van der Waals surface area contributed by atoms with Gasteiger partial charge in [-0.25, -0.2) is 0 Å². The monoisotopic (exact) mass is 211 g/mol. The third kappa shape index (κ3) is 1.95. The van der Waals surface area contributed by atoms with Gasteiger partial charge >= 0.3 is 0 Å². The SMILES string of the molecule is CC1CSCC1NC(=O)c1ccco1. The summed E-state index contributed by atoms with van der Waals surface area (Å²) in [5, 5.41) is 2.98. The molecule has 2 atom stereocenters. The van der Waals surface area contributed by atoms with Crippen LogP contribution in [0.3, 0.4) is 0 Å². The maximum atomic E-state index is 11.6. The number of hydrogen-bond acceptors (Lipinski definition) is 3. The lowest BCUT2D eigenvalue weighted by Gasteiger charge is -2.15. The van der Waals surface area contributed by atoms with Crippen LogP contribution in [-0.4, -0.2) is 23.5 Å². The van der Waals surface area contributed by atoms with E-state index in [-0.39, 0.29) is 11.9 Å². The molecular formula is C10H13NO2S. The number of hydrogen-bond donors (Lipinski definition) is 1. The highest BCUT2D eigenvalue weighted by atomic mass is 32.2. The van der Waals surface area contributed by atoms with Gasteiger partial charge in [0.1, 0.15) is 0 Å². The van der Waals surface area contributed by atoms with Gasteiger partial charge in [-0.3, -0.25) is 4.79 Å². The molecule has 0 aromatic carbocycles. The summed E-state index contributed by atoms with van der Waals surface area (Å²) >= 11 is 1.88. The third-order valence-electron chi connectivity index (χ3n) is 2.43. The van der Waals surface area contributed by atoms with Crippen molar-refractivity contribution in [3.05, 3.63) is 24.2 Å². The minimum absolute atomic E-state index is 0.102. The number of carbonyl (C=O) groups excluding carboxylic acids is 1. The molecule has 1 aromatic heterocycles. The van der Waals surface area contributed by atoms with Gasteiger partial charge in [0.2, 0.25) is 0 Å². The van der Waals surface area contributed by atoms with Gasteiger partial charge in [0, 0.05) is 11.8 Å². The lowest BCUT2D eigenvalue weighted by Crippen LogP contribution is -2.38. The standard InChI is InChI=1S/C10H13NO2S/c1-7-5-14-6-8(7)11-10(12)9-3-2-4-13-9/h2-4,7-8H,5-6H2,1H3,(H,11,12). The molecule has 0 bridgehead atoms. The minimum atomic E-state index is -0.102. The number of rotatable bonds is 2. The average Bonchev–Trinajstić information content (AvgIpc) is 2.77. The van der Waals surface area contributed by atoms with E-state index in [4.69, 9.17) is 4.42 Å². The molecule has 1 amide bonds. The normalized spacial score (nSPS) is 26.4. The number of nitrogens with one attached hydrogen (secondary N) is 1. The van der Waals surface area contributed by atoms with E-state index in [1.54, 1.807) is 12.1 Å². The van der Waals surface area contributed by atoms with Crippen molar-refractivity contribution in [1.29, 1.82) is 0 Å². The topological polar surface area (TPSA) is 42.2 Å². The number of furan rings is 1. The van der Waals surface area contributed by atoms with E-state index in [0.29, 0.717) is 11.7 Å².